The standard InChI is InChI=1S/C17H21ClN2S/c1-11(2)19-10-13-6-4-8-15-16(13)20-17(21-15)12-5-3-7-14(18)9-12/h3,5,7,9,11,13,19H,4,6,8,10H2,1-2H3. The molecule has 1 aliphatic carbocycles. The number of hydrogen-bond acceptors (Lipinski definition) is 3. The highest BCUT2D eigenvalue weighted by Gasteiger charge is 2.25. The maximum absolute atomic E-state index is 6.10. The zero-order chi connectivity index (χ0) is 14.8. The summed E-state index contributed by atoms with van der Waals surface area (Å²) < 4.78 is 0. The van der Waals surface area contributed by atoms with Crippen LogP contribution < -0.4 is 5.32 Å². The normalized spacial score (nSPS) is 18.0. The van der Waals surface area contributed by atoms with E-state index in [1.807, 2.05) is 29.5 Å². The van der Waals surface area contributed by atoms with Gasteiger partial charge in [0.25, 0.3) is 0 Å². The quantitative estimate of drug-likeness (QED) is 0.868. The highest BCUT2D eigenvalue weighted by atomic mass is 35.5. The highest BCUT2D eigenvalue weighted by molar-refractivity contribution is 7.15. The van der Waals surface area contributed by atoms with Crippen LogP contribution in [0.5, 0.6) is 0 Å². The molecular weight excluding hydrogens is 300 g/mol. The molecule has 1 heterocycles. The van der Waals surface area contributed by atoms with E-state index in [2.05, 4.69) is 25.2 Å². The van der Waals surface area contributed by atoms with Crippen molar-refractivity contribution in [3.05, 3.63) is 39.9 Å². The van der Waals surface area contributed by atoms with Crippen molar-refractivity contribution in [2.24, 2.45) is 0 Å². The topological polar surface area (TPSA) is 24.9 Å². The molecule has 1 N–H and O–H groups in total. The number of halogens is 1. The summed E-state index contributed by atoms with van der Waals surface area (Å²) in [5.41, 5.74) is 2.45. The van der Waals surface area contributed by atoms with Crippen molar-refractivity contribution < 1.29 is 0 Å². The summed E-state index contributed by atoms with van der Waals surface area (Å²) in [5, 5.41) is 5.44. The third kappa shape index (κ3) is 3.47. The van der Waals surface area contributed by atoms with Crippen LogP contribution in [-0.2, 0) is 6.42 Å². The molecule has 3 rings (SSSR count). The van der Waals surface area contributed by atoms with Crippen molar-refractivity contribution in [2.75, 3.05) is 6.54 Å². The molecule has 1 aromatic carbocycles. The molecule has 112 valence electrons. The van der Waals surface area contributed by atoms with Gasteiger partial charge in [0, 0.05) is 34.0 Å². The van der Waals surface area contributed by atoms with Crippen LogP contribution in [0.25, 0.3) is 10.6 Å². The molecule has 1 aliphatic rings. The Morgan fingerprint density at radius 3 is 3.05 bits per heavy atom. The van der Waals surface area contributed by atoms with Crippen LogP contribution in [0.4, 0.5) is 0 Å². The molecule has 0 saturated heterocycles. The Hall–Kier alpha value is -0.900. The molecular formula is C17H21ClN2S. The SMILES string of the molecule is CC(C)NCC1CCCc2sc(-c3cccc(Cl)c3)nc21. The van der Waals surface area contributed by atoms with Crippen LogP contribution in [0.2, 0.25) is 5.02 Å². The van der Waals surface area contributed by atoms with Crippen molar-refractivity contribution in [1.29, 1.82) is 0 Å². The fourth-order valence-electron chi connectivity index (χ4n) is 2.83. The summed E-state index contributed by atoms with van der Waals surface area (Å²) in [6, 6.07) is 8.54. The summed E-state index contributed by atoms with van der Waals surface area (Å²) >= 11 is 7.94. The number of rotatable bonds is 4. The number of nitrogens with one attached hydrogen (secondary N) is 1. The van der Waals surface area contributed by atoms with Crippen LogP contribution in [0.15, 0.2) is 24.3 Å². The van der Waals surface area contributed by atoms with E-state index in [9.17, 15) is 0 Å². The van der Waals surface area contributed by atoms with Crippen molar-refractivity contribution in [2.45, 2.75) is 45.1 Å². The van der Waals surface area contributed by atoms with Gasteiger partial charge >= 0.3 is 0 Å². The molecule has 0 amide bonds. The average molecular weight is 321 g/mol. The summed E-state index contributed by atoms with van der Waals surface area (Å²) in [7, 11) is 0. The molecule has 4 heteroatoms. The molecule has 1 aromatic heterocycles. The molecule has 0 fully saturated rings. The lowest BCUT2D eigenvalue weighted by Gasteiger charge is -2.22. The maximum Gasteiger partial charge on any atom is 0.123 e. The molecule has 2 aromatic rings. The minimum absolute atomic E-state index is 0.529. The van der Waals surface area contributed by atoms with Gasteiger partial charge in [-0.15, -0.1) is 11.3 Å². The fourth-order valence-corrected chi connectivity index (χ4v) is 4.20. The van der Waals surface area contributed by atoms with Gasteiger partial charge in [-0.1, -0.05) is 37.6 Å². The van der Waals surface area contributed by atoms with E-state index >= 15 is 0 Å². The molecule has 2 nitrogen and oxygen atoms in total. The predicted molar refractivity (Wildman–Crippen MR) is 91.4 cm³/mol. The van der Waals surface area contributed by atoms with Gasteiger partial charge in [-0.25, -0.2) is 4.98 Å². The summed E-state index contributed by atoms with van der Waals surface area (Å²) in [6.07, 6.45) is 3.69. The number of aryl methyl sites for hydroxylation is 1. The first-order valence-corrected chi connectivity index (χ1v) is 8.82. The number of thiazole rings is 1. The Morgan fingerprint density at radius 2 is 2.29 bits per heavy atom. The Balaban J connectivity index is 1.87. The number of hydrogen-bond donors (Lipinski definition) is 1. The second-order valence-electron chi connectivity index (χ2n) is 5.99. The van der Waals surface area contributed by atoms with Gasteiger partial charge in [0.1, 0.15) is 5.01 Å². The molecule has 0 aliphatic heterocycles. The largest absolute Gasteiger partial charge is 0.314 e. The molecule has 21 heavy (non-hydrogen) atoms. The Kier molecular flexibility index (Phi) is 4.63. The zero-order valence-electron chi connectivity index (χ0n) is 12.5. The lowest BCUT2D eigenvalue weighted by molar-refractivity contribution is 0.475. The van der Waals surface area contributed by atoms with E-state index in [-0.39, 0.29) is 0 Å². The van der Waals surface area contributed by atoms with Gasteiger partial charge in [-0.05, 0) is 31.4 Å². The Labute approximate surface area is 135 Å². The third-order valence-corrected chi connectivity index (χ3v) is 5.33. The van der Waals surface area contributed by atoms with Gasteiger partial charge in [-0.2, -0.15) is 0 Å². The number of aromatic nitrogens is 1. The van der Waals surface area contributed by atoms with Gasteiger partial charge < -0.3 is 5.32 Å². The van der Waals surface area contributed by atoms with E-state index in [0.29, 0.717) is 12.0 Å². The Bertz CT molecular complexity index is 621. The maximum atomic E-state index is 6.10. The summed E-state index contributed by atoms with van der Waals surface area (Å²) in [5.74, 6) is 0.556. The number of benzene rings is 1. The second-order valence-corrected chi connectivity index (χ2v) is 7.51. The van der Waals surface area contributed by atoms with Gasteiger partial charge in [0.2, 0.25) is 0 Å². The predicted octanol–water partition coefficient (Wildman–Crippen LogP) is 4.88. The molecule has 1 atom stereocenters. The van der Waals surface area contributed by atoms with Crippen molar-refractivity contribution >= 4 is 22.9 Å². The van der Waals surface area contributed by atoms with Crippen molar-refractivity contribution in [3.63, 3.8) is 0 Å². The monoisotopic (exact) mass is 320 g/mol. The fraction of sp³-hybridized carbons (Fsp3) is 0.471. The lowest BCUT2D eigenvalue weighted by atomic mass is 9.91. The summed E-state index contributed by atoms with van der Waals surface area (Å²) in [6.45, 7) is 5.42. The van der Waals surface area contributed by atoms with Gasteiger partial charge in [0.15, 0.2) is 0 Å². The van der Waals surface area contributed by atoms with Crippen LogP contribution in [0.1, 0.15) is 43.2 Å². The van der Waals surface area contributed by atoms with Crippen LogP contribution in [0, 0.1) is 0 Å². The van der Waals surface area contributed by atoms with Crippen LogP contribution in [-0.4, -0.2) is 17.6 Å². The molecule has 0 radical (unpaired) electrons. The minimum atomic E-state index is 0.529. The number of nitrogens with zero attached hydrogens (tertiary/aromatic N) is 1. The van der Waals surface area contributed by atoms with Gasteiger partial charge in [-0.3, -0.25) is 0 Å². The summed E-state index contributed by atoms with van der Waals surface area (Å²) in [4.78, 5) is 6.41. The van der Waals surface area contributed by atoms with Crippen molar-refractivity contribution in [3.8, 4) is 10.6 Å². The van der Waals surface area contributed by atoms with E-state index in [4.69, 9.17) is 16.6 Å². The molecule has 0 bridgehead atoms. The van der Waals surface area contributed by atoms with E-state index in [1.54, 1.807) is 0 Å². The number of fused-ring (bicyclic) bond motifs is 1. The second kappa shape index (κ2) is 6.47. The average Bonchev–Trinajstić information content (AvgIpc) is 2.89. The van der Waals surface area contributed by atoms with E-state index in [0.717, 1.165) is 22.1 Å². The van der Waals surface area contributed by atoms with E-state index < -0.39 is 0 Å². The smallest absolute Gasteiger partial charge is 0.123 e. The first-order valence-electron chi connectivity index (χ1n) is 7.62. The molecule has 1 unspecified atom stereocenters. The first kappa shape index (κ1) is 15.0. The third-order valence-electron chi connectivity index (χ3n) is 3.91. The van der Waals surface area contributed by atoms with E-state index in [1.165, 1.54) is 29.8 Å². The minimum Gasteiger partial charge on any atom is -0.314 e. The first-order chi connectivity index (χ1) is 10.1. The van der Waals surface area contributed by atoms with Gasteiger partial charge in [0.05, 0.1) is 5.69 Å². The molecule has 0 spiro atoms. The Morgan fingerprint density at radius 1 is 1.43 bits per heavy atom. The molecule has 0 saturated carbocycles. The van der Waals surface area contributed by atoms with Crippen LogP contribution in [0.3, 0.4) is 0 Å². The lowest BCUT2D eigenvalue weighted by Crippen LogP contribution is -2.29. The van der Waals surface area contributed by atoms with Crippen molar-refractivity contribution in [1.82, 2.24) is 10.3 Å². The van der Waals surface area contributed by atoms with Crippen LogP contribution >= 0.6 is 22.9 Å². The highest BCUT2D eigenvalue weighted by Crippen LogP contribution is 2.38. The zero-order valence-corrected chi connectivity index (χ0v) is 14.1.